The van der Waals surface area contributed by atoms with Gasteiger partial charge in [-0.2, -0.15) is 0 Å². The molecule has 0 bridgehead atoms. The highest BCUT2D eigenvalue weighted by molar-refractivity contribution is 7.99. The third-order valence-electron chi connectivity index (χ3n) is 6.09. The fourth-order valence-corrected chi connectivity index (χ4v) is 5.93. The Bertz CT molecular complexity index is 1760. The van der Waals surface area contributed by atoms with Gasteiger partial charge in [0.15, 0.2) is 11.0 Å². The van der Waals surface area contributed by atoms with Crippen molar-refractivity contribution in [2.24, 2.45) is 0 Å². The lowest BCUT2D eigenvalue weighted by Gasteiger charge is -2.12. The van der Waals surface area contributed by atoms with Crippen molar-refractivity contribution in [1.82, 2.24) is 14.8 Å². The average molecular weight is 619 g/mol. The number of halogens is 1. The van der Waals surface area contributed by atoms with Crippen LogP contribution in [0.1, 0.15) is 11.4 Å². The summed E-state index contributed by atoms with van der Waals surface area (Å²) in [6.07, 6.45) is 0. The molecule has 0 saturated heterocycles. The normalized spacial score (nSPS) is 11.2. The second-order valence-electron chi connectivity index (χ2n) is 9.26. The Labute approximate surface area is 253 Å². The molecule has 0 radical (unpaired) electrons. The van der Waals surface area contributed by atoms with E-state index in [9.17, 15) is 13.2 Å². The number of carbonyl (C=O) groups is 1. The maximum atomic E-state index is 12.8. The smallest absolute Gasteiger partial charge is 0.261 e. The Morgan fingerprint density at radius 2 is 1.48 bits per heavy atom. The zero-order valence-corrected chi connectivity index (χ0v) is 24.9. The Kier molecular flexibility index (Phi) is 9.11. The van der Waals surface area contributed by atoms with Gasteiger partial charge in [-0.3, -0.25) is 14.1 Å². The van der Waals surface area contributed by atoms with Crippen LogP contribution in [0.15, 0.2) is 113 Å². The van der Waals surface area contributed by atoms with Gasteiger partial charge < -0.3 is 10.6 Å². The minimum Gasteiger partial charge on any atom is -0.378 e. The molecule has 12 heteroatoms. The van der Waals surface area contributed by atoms with Crippen molar-refractivity contribution in [3.8, 4) is 5.69 Å². The van der Waals surface area contributed by atoms with E-state index < -0.39 is 10.0 Å². The van der Waals surface area contributed by atoms with Crippen molar-refractivity contribution in [1.29, 1.82) is 0 Å². The second-order valence-corrected chi connectivity index (χ2v) is 12.3. The number of amides is 1. The molecular weight excluding hydrogens is 592 g/mol. The van der Waals surface area contributed by atoms with Crippen LogP contribution in [0.2, 0.25) is 5.02 Å². The summed E-state index contributed by atoms with van der Waals surface area (Å²) in [4.78, 5) is 12.9. The number of nitrogens with zero attached hydrogens (tertiary/aromatic N) is 3. The van der Waals surface area contributed by atoms with E-state index in [1.807, 2.05) is 66.1 Å². The van der Waals surface area contributed by atoms with Crippen LogP contribution in [-0.4, -0.2) is 34.8 Å². The molecule has 0 saturated carbocycles. The van der Waals surface area contributed by atoms with Crippen molar-refractivity contribution in [3.63, 3.8) is 0 Å². The van der Waals surface area contributed by atoms with Crippen LogP contribution in [0.3, 0.4) is 0 Å². The minimum atomic E-state index is -3.77. The summed E-state index contributed by atoms with van der Waals surface area (Å²) in [5.41, 5.74) is 3.74. The van der Waals surface area contributed by atoms with Gasteiger partial charge in [-0.15, -0.1) is 10.2 Å². The number of nitrogens with one attached hydrogen (secondary N) is 3. The van der Waals surface area contributed by atoms with Gasteiger partial charge in [0.2, 0.25) is 5.91 Å². The highest BCUT2D eigenvalue weighted by Gasteiger charge is 2.17. The van der Waals surface area contributed by atoms with Crippen LogP contribution in [0.25, 0.3) is 5.69 Å². The predicted molar refractivity (Wildman–Crippen MR) is 168 cm³/mol. The highest BCUT2D eigenvalue weighted by atomic mass is 35.5. The first-order valence-corrected chi connectivity index (χ1v) is 15.7. The molecule has 1 heterocycles. The highest BCUT2D eigenvalue weighted by Crippen LogP contribution is 2.24. The molecular formula is C30H27ClN6O3S2. The Morgan fingerprint density at radius 3 is 2.17 bits per heavy atom. The van der Waals surface area contributed by atoms with Gasteiger partial charge >= 0.3 is 0 Å². The summed E-state index contributed by atoms with van der Waals surface area (Å²) >= 11 is 7.24. The number of sulfonamides is 1. The van der Waals surface area contributed by atoms with Crippen LogP contribution < -0.4 is 15.4 Å². The number of hydrogen-bond donors (Lipinski definition) is 3. The number of para-hydroxylation sites is 1. The summed E-state index contributed by atoms with van der Waals surface area (Å²) in [5.74, 6) is 0.483. The molecule has 4 aromatic carbocycles. The lowest BCUT2D eigenvalue weighted by Crippen LogP contribution is -2.16. The molecule has 1 amide bonds. The molecule has 1 aromatic heterocycles. The number of aromatic nitrogens is 3. The Balaban J connectivity index is 1.22. The van der Waals surface area contributed by atoms with Crippen LogP contribution in [0, 0.1) is 6.92 Å². The van der Waals surface area contributed by atoms with Crippen molar-refractivity contribution in [3.05, 3.63) is 120 Å². The van der Waals surface area contributed by atoms with E-state index >= 15 is 0 Å². The monoisotopic (exact) mass is 618 g/mol. The number of carbonyl (C=O) groups excluding carboxylic acids is 1. The largest absolute Gasteiger partial charge is 0.378 e. The van der Waals surface area contributed by atoms with Gasteiger partial charge in [0, 0.05) is 27.8 Å². The number of rotatable bonds is 11. The quantitative estimate of drug-likeness (QED) is 0.147. The van der Waals surface area contributed by atoms with Gasteiger partial charge in [0.1, 0.15) is 0 Å². The van der Waals surface area contributed by atoms with Gasteiger partial charge in [-0.25, -0.2) is 8.42 Å². The van der Waals surface area contributed by atoms with E-state index in [1.165, 1.54) is 23.9 Å². The van der Waals surface area contributed by atoms with E-state index in [0.29, 0.717) is 33.9 Å². The lowest BCUT2D eigenvalue weighted by atomic mass is 10.2. The SMILES string of the molecule is Cc1ccc(NS(=O)(=O)c2ccc(NC(=O)CSc3nnc(CNc4ccc(Cl)cc4)n3-c3ccccc3)cc2)cc1. The van der Waals surface area contributed by atoms with Crippen molar-refractivity contribution < 1.29 is 13.2 Å². The number of aryl methyl sites for hydroxylation is 1. The van der Waals surface area contributed by atoms with Gasteiger partial charge in [-0.05, 0) is 79.7 Å². The molecule has 9 nitrogen and oxygen atoms in total. The summed E-state index contributed by atoms with van der Waals surface area (Å²) in [5, 5.41) is 16.0. The first kappa shape index (κ1) is 29.2. The maximum Gasteiger partial charge on any atom is 0.261 e. The molecule has 0 aliphatic heterocycles. The molecule has 0 spiro atoms. The van der Waals surface area contributed by atoms with E-state index in [4.69, 9.17) is 11.6 Å². The Hall–Kier alpha value is -4.32. The fourth-order valence-electron chi connectivity index (χ4n) is 3.97. The molecule has 0 aliphatic rings. The third-order valence-corrected chi connectivity index (χ3v) is 8.67. The van der Waals surface area contributed by atoms with Crippen LogP contribution in [-0.2, 0) is 21.4 Å². The summed E-state index contributed by atoms with van der Waals surface area (Å²) in [7, 11) is -3.77. The van der Waals surface area contributed by atoms with Crippen LogP contribution >= 0.6 is 23.4 Å². The first-order chi connectivity index (χ1) is 20.3. The zero-order chi connectivity index (χ0) is 29.5. The van der Waals surface area contributed by atoms with Crippen molar-refractivity contribution in [2.45, 2.75) is 23.5 Å². The van der Waals surface area contributed by atoms with E-state index in [1.54, 1.807) is 36.4 Å². The first-order valence-electron chi connectivity index (χ1n) is 12.9. The number of hydrogen-bond acceptors (Lipinski definition) is 7. The predicted octanol–water partition coefficient (Wildman–Crippen LogP) is 6.37. The molecule has 0 unspecified atom stereocenters. The maximum absolute atomic E-state index is 12.8. The lowest BCUT2D eigenvalue weighted by molar-refractivity contribution is -0.113. The summed E-state index contributed by atoms with van der Waals surface area (Å²) in [6.45, 7) is 2.33. The topological polar surface area (TPSA) is 118 Å². The van der Waals surface area contributed by atoms with Gasteiger partial charge in [0.05, 0.1) is 17.2 Å². The summed E-state index contributed by atoms with van der Waals surface area (Å²) < 4.78 is 30.0. The molecule has 214 valence electrons. The van der Waals surface area contributed by atoms with E-state index in [-0.39, 0.29) is 16.6 Å². The summed E-state index contributed by atoms with van der Waals surface area (Å²) in [6, 6.07) is 30.1. The van der Waals surface area contributed by atoms with Crippen molar-refractivity contribution >= 4 is 56.4 Å². The molecule has 5 rings (SSSR count). The number of thioether (sulfide) groups is 1. The fraction of sp³-hybridized carbons (Fsp3) is 0.100. The standard InChI is InChI=1S/C30H27ClN6O3S2/c1-21-7-11-25(12-8-21)36-42(39,40)27-17-15-24(16-18-27)33-29(38)20-41-30-35-34-28(37(30)26-5-3-2-4-6-26)19-32-23-13-9-22(31)10-14-23/h2-18,32,36H,19-20H2,1H3,(H,33,38). The van der Waals surface area contributed by atoms with Gasteiger partial charge in [0.25, 0.3) is 10.0 Å². The average Bonchev–Trinajstić information content (AvgIpc) is 3.40. The molecule has 3 N–H and O–H groups in total. The number of anilines is 3. The van der Waals surface area contributed by atoms with E-state index in [2.05, 4.69) is 25.6 Å². The Morgan fingerprint density at radius 1 is 0.833 bits per heavy atom. The third kappa shape index (κ3) is 7.49. The molecule has 0 aliphatic carbocycles. The molecule has 0 fully saturated rings. The number of benzene rings is 4. The van der Waals surface area contributed by atoms with Crippen molar-refractivity contribution in [2.75, 3.05) is 21.1 Å². The van der Waals surface area contributed by atoms with E-state index in [0.717, 1.165) is 16.9 Å². The molecule has 0 atom stereocenters. The van der Waals surface area contributed by atoms with Crippen LogP contribution in [0.5, 0.6) is 0 Å². The van der Waals surface area contributed by atoms with Gasteiger partial charge in [-0.1, -0.05) is 59.3 Å². The molecule has 42 heavy (non-hydrogen) atoms. The minimum absolute atomic E-state index is 0.0740. The molecule has 5 aromatic rings. The zero-order valence-electron chi connectivity index (χ0n) is 22.5. The second kappa shape index (κ2) is 13.1. The van der Waals surface area contributed by atoms with Crippen LogP contribution in [0.4, 0.5) is 17.1 Å².